The first kappa shape index (κ1) is 15.7. The molecule has 5 heteroatoms. The Hall–Kier alpha value is -2.35. The van der Waals surface area contributed by atoms with Crippen LogP contribution in [-0.2, 0) is 20.7 Å². The number of esters is 1. The van der Waals surface area contributed by atoms with Crippen molar-refractivity contribution < 1.29 is 14.3 Å². The number of carbonyl (C=O) groups is 2. The van der Waals surface area contributed by atoms with Gasteiger partial charge in [-0.05, 0) is 11.5 Å². The van der Waals surface area contributed by atoms with E-state index in [2.05, 4.69) is 5.32 Å². The maximum atomic E-state index is 11.9. The van der Waals surface area contributed by atoms with Crippen LogP contribution in [0.25, 0.3) is 0 Å². The van der Waals surface area contributed by atoms with Gasteiger partial charge in [0.05, 0.1) is 6.42 Å². The van der Waals surface area contributed by atoms with Gasteiger partial charge in [-0.1, -0.05) is 44.2 Å². The van der Waals surface area contributed by atoms with Crippen molar-refractivity contribution in [2.45, 2.75) is 26.3 Å². The van der Waals surface area contributed by atoms with Crippen molar-refractivity contribution in [3.8, 4) is 6.07 Å². The first-order chi connectivity index (χ1) is 9.54. The summed E-state index contributed by atoms with van der Waals surface area (Å²) in [6.07, 6.45) is 0.204. The molecular weight excluding hydrogens is 256 g/mol. The molecule has 0 saturated carbocycles. The Morgan fingerprint density at radius 1 is 1.30 bits per heavy atom. The van der Waals surface area contributed by atoms with Gasteiger partial charge in [0.2, 0.25) is 5.91 Å². The third-order valence-corrected chi connectivity index (χ3v) is 2.72. The van der Waals surface area contributed by atoms with E-state index in [1.807, 2.05) is 30.3 Å². The zero-order valence-corrected chi connectivity index (χ0v) is 11.6. The van der Waals surface area contributed by atoms with E-state index >= 15 is 0 Å². The predicted molar refractivity (Wildman–Crippen MR) is 73.5 cm³/mol. The zero-order valence-electron chi connectivity index (χ0n) is 11.6. The van der Waals surface area contributed by atoms with Crippen LogP contribution in [0.3, 0.4) is 0 Å². The Kier molecular flexibility index (Phi) is 6.24. The number of nitrogens with zero attached hydrogens (tertiary/aromatic N) is 1. The minimum atomic E-state index is -0.737. The largest absolute Gasteiger partial charge is 0.449 e. The summed E-state index contributed by atoms with van der Waals surface area (Å²) in [4.78, 5) is 23.7. The molecule has 20 heavy (non-hydrogen) atoms. The molecule has 1 aromatic rings. The summed E-state index contributed by atoms with van der Waals surface area (Å²) in [6, 6.07) is 10.3. The maximum Gasteiger partial charge on any atom is 0.329 e. The topological polar surface area (TPSA) is 79.2 Å². The number of rotatable bonds is 6. The quantitative estimate of drug-likeness (QED) is 0.796. The molecule has 0 aromatic heterocycles. The van der Waals surface area contributed by atoms with Crippen molar-refractivity contribution in [3.63, 3.8) is 0 Å². The molecule has 0 aliphatic rings. The fourth-order valence-corrected chi connectivity index (χ4v) is 1.70. The first-order valence-corrected chi connectivity index (χ1v) is 6.41. The molecule has 1 atom stereocenters. The molecule has 1 unspecified atom stereocenters. The van der Waals surface area contributed by atoms with E-state index in [1.54, 1.807) is 19.9 Å². The van der Waals surface area contributed by atoms with E-state index in [0.29, 0.717) is 0 Å². The van der Waals surface area contributed by atoms with Gasteiger partial charge in [-0.15, -0.1) is 0 Å². The van der Waals surface area contributed by atoms with Gasteiger partial charge < -0.3 is 10.1 Å². The summed E-state index contributed by atoms with van der Waals surface area (Å²) in [5, 5.41) is 11.0. The monoisotopic (exact) mass is 274 g/mol. The van der Waals surface area contributed by atoms with Crippen molar-refractivity contribution in [3.05, 3.63) is 35.9 Å². The van der Waals surface area contributed by atoms with Gasteiger partial charge in [0.1, 0.15) is 12.1 Å². The lowest BCUT2D eigenvalue weighted by molar-refractivity contribution is -0.147. The number of hydrogen-bond donors (Lipinski definition) is 1. The standard InChI is InChI=1S/C15H18N2O3/c1-11(2)14(15(19)20-9-8-16)17-13(18)10-12-6-4-3-5-7-12/h3-7,11,14H,9-10H2,1-2H3,(H,17,18). The van der Waals surface area contributed by atoms with Crippen LogP contribution in [0.1, 0.15) is 19.4 Å². The fourth-order valence-electron chi connectivity index (χ4n) is 1.70. The Morgan fingerprint density at radius 2 is 1.95 bits per heavy atom. The van der Waals surface area contributed by atoms with E-state index in [1.165, 1.54) is 0 Å². The number of carbonyl (C=O) groups excluding carboxylic acids is 2. The van der Waals surface area contributed by atoms with Crippen LogP contribution in [0.15, 0.2) is 30.3 Å². The molecular formula is C15H18N2O3. The van der Waals surface area contributed by atoms with Gasteiger partial charge >= 0.3 is 5.97 Å². The van der Waals surface area contributed by atoms with Gasteiger partial charge in [0.25, 0.3) is 0 Å². The maximum absolute atomic E-state index is 11.9. The second-order valence-corrected chi connectivity index (χ2v) is 4.72. The second kappa shape index (κ2) is 7.95. The van der Waals surface area contributed by atoms with Gasteiger partial charge in [-0.2, -0.15) is 5.26 Å². The highest BCUT2D eigenvalue weighted by Gasteiger charge is 2.25. The number of hydrogen-bond acceptors (Lipinski definition) is 4. The molecule has 0 bridgehead atoms. The summed E-state index contributed by atoms with van der Waals surface area (Å²) in [7, 11) is 0. The summed E-state index contributed by atoms with van der Waals surface area (Å²) in [6.45, 7) is 3.30. The van der Waals surface area contributed by atoms with Gasteiger partial charge in [0.15, 0.2) is 6.61 Å². The Labute approximate surface area is 118 Å². The van der Waals surface area contributed by atoms with Crippen LogP contribution in [0, 0.1) is 17.2 Å². The Bertz CT molecular complexity index is 492. The molecule has 0 aliphatic heterocycles. The number of nitrogens with one attached hydrogen (secondary N) is 1. The van der Waals surface area contributed by atoms with Gasteiger partial charge in [0, 0.05) is 0 Å². The van der Waals surface area contributed by atoms with Crippen molar-refractivity contribution in [1.29, 1.82) is 5.26 Å². The summed E-state index contributed by atoms with van der Waals surface area (Å²) < 4.78 is 4.75. The minimum Gasteiger partial charge on any atom is -0.449 e. The van der Waals surface area contributed by atoms with E-state index in [0.717, 1.165) is 5.56 Å². The molecule has 0 spiro atoms. The summed E-state index contributed by atoms with van der Waals surface area (Å²) in [5.74, 6) is -0.937. The third kappa shape index (κ3) is 5.11. The predicted octanol–water partition coefficient (Wildman–Crippen LogP) is 1.44. The number of ether oxygens (including phenoxy) is 1. The van der Waals surface area contributed by atoms with Crippen LogP contribution < -0.4 is 5.32 Å². The highest BCUT2D eigenvalue weighted by atomic mass is 16.5. The number of benzene rings is 1. The summed E-state index contributed by atoms with van der Waals surface area (Å²) >= 11 is 0. The summed E-state index contributed by atoms with van der Waals surface area (Å²) in [5.41, 5.74) is 0.873. The molecule has 1 N–H and O–H groups in total. The third-order valence-electron chi connectivity index (χ3n) is 2.72. The molecule has 0 aliphatic carbocycles. The van der Waals surface area contributed by atoms with Gasteiger partial charge in [-0.25, -0.2) is 4.79 Å². The smallest absolute Gasteiger partial charge is 0.329 e. The Balaban J connectivity index is 2.59. The van der Waals surface area contributed by atoms with Gasteiger partial charge in [-0.3, -0.25) is 4.79 Å². The van der Waals surface area contributed by atoms with Crippen molar-refractivity contribution >= 4 is 11.9 Å². The van der Waals surface area contributed by atoms with E-state index < -0.39 is 12.0 Å². The molecule has 5 nitrogen and oxygen atoms in total. The fraction of sp³-hybridized carbons (Fsp3) is 0.400. The first-order valence-electron chi connectivity index (χ1n) is 6.41. The highest BCUT2D eigenvalue weighted by Crippen LogP contribution is 2.06. The van der Waals surface area contributed by atoms with E-state index in [4.69, 9.17) is 10.00 Å². The second-order valence-electron chi connectivity index (χ2n) is 4.72. The van der Waals surface area contributed by atoms with Crippen molar-refractivity contribution in [1.82, 2.24) is 5.32 Å². The zero-order chi connectivity index (χ0) is 15.0. The van der Waals surface area contributed by atoms with Crippen LogP contribution in [0.5, 0.6) is 0 Å². The molecule has 0 fully saturated rings. The van der Waals surface area contributed by atoms with E-state index in [-0.39, 0.29) is 24.9 Å². The molecule has 0 heterocycles. The molecule has 0 saturated heterocycles. The lowest BCUT2D eigenvalue weighted by Gasteiger charge is -2.20. The minimum absolute atomic E-state index is 0.110. The molecule has 1 amide bonds. The van der Waals surface area contributed by atoms with Crippen LogP contribution in [-0.4, -0.2) is 24.5 Å². The number of amides is 1. The van der Waals surface area contributed by atoms with E-state index in [9.17, 15) is 9.59 Å². The molecule has 1 rings (SSSR count). The SMILES string of the molecule is CC(C)C(NC(=O)Cc1ccccc1)C(=O)OCC#N. The Morgan fingerprint density at radius 3 is 2.50 bits per heavy atom. The average Bonchev–Trinajstić information content (AvgIpc) is 2.43. The normalized spacial score (nSPS) is 11.5. The average molecular weight is 274 g/mol. The number of nitriles is 1. The van der Waals surface area contributed by atoms with Crippen molar-refractivity contribution in [2.75, 3.05) is 6.61 Å². The van der Waals surface area contributed by atoms with Crippen LogP contribution in [0.2, 0.25) is 0 Å². The van der Waals surface area contributed by atoms with Crippen molar-refractivity contribution in [2.24, 2.45) is 5.92 Å². The lowest BCUT2D eigenvalue weighted by atomic mass is 10.0. The highest BCUT2D eigenvalue weighted by molar-refractivity contribution is 5.85. The molecule has 1 aromatic carbocycles. The lowest BCUT2D eigenvalue weighted by Crippen LogP contribution is -2.45. The van der Waals surface area contributed by atoms with Crippen LogP contribution >= 0.6 is 0 Å². The molecule has 0 radical (unpaired) electrons. The molecule has 106 valence electrons. The van der Waals surface area contributed by atoms with Crippen LogP contribution in [0.4, 0.5) is 0 Å².